The van der Waals surface area contributed by atoms with Gasteiger partial charge in [-0.15, -0.1) is 11.3 Å². The molecule has 1 saturated heterocycles. The number of carboxylic acids is 1. The van der Waals surface area contributed by atoms with Gasteiger partial charge in [-0.25, -0.2) is 4.79 Å². The molecule has 5 heteroatoms. The first-order valence-electron chi connectivity index (χ1n) is 5.28. The van der Waals surface area contributed by atoms with Crippen molar-refractivity contribution in [3.63, 3.8) is 0 Å². The highest BCUT2D eigenvalue weighted by molar-refractivity contribution is 7.12. The van der Waals surface area contributed by atoms with Crippen LogP contribution in [0.4, 0.5) is 5.69 Å². The third-order valence-electron chi connectivity index (χ3n) is 2.58. The molecule has 1 aliphatic rings. The van der Waals surface area contributed by atoms with E-state index in [0.29, 0.717) is 4.88 Å². The van der Waals surface area contributed by atoms with E-state index in [1.165, 1.54) is 11.3 Å². The van der Waals surface area contributed by atoms with Crippen molar-refractivity contribution in [2.45, 2.75) is 26.1 Å². The van der Waals surface area contributed by atoms with E-state index in [1.807, 2.05) is 19.2 Å². The number of thiophene rings is 1. The lowest BCUT2D eigenvalue weighted by Gasteiger charge is -2.36. The number of morpholine rings is 1. The number of aromatic carboxylic acids is 1. The molecule has 88 valence electrons. The zero-order valence-electron chi connectivity index (χ0n) is 9.34. The van der Waals surface area contributed by atoms with E-state index >= 15 is 0 Å². The average Bonchev–Trinajstić information content (AvgIpc) is 2.64. The molecular weight excluding hydrogens is 226 g/mol. The third-order valence-corrected chi connectivity index (χ3v) is 3.49. The zero-order valence-corrected chi connectivity index (χ0v) is 10.2. The van der Waals surface area contributed by atoms with Crippen molar-refractivity contribution in [2.24, 2.45) is 0 Å². The van der Waals surface area contributed by atoms with E-state index in [2.05, 4.69) is 4.90 Å². The number of carbonyl (C=O) groups is 1. The van der Waals surface area contributed by atoms with Crippen molar-refractivity contribution >= 4 is 23.0 Å². The second kappa shape index (κ2) is 4.43. The highest BCUT2D eigenvalue weighted by atomic mass is 32.1. The Morgan fingerprint density at radius 2 is 2.12 bits per heavy atom. The lowest BCUT2D eigenvalue weighted by molar-refractivity contribution is -0.00519. The second-order valence-electron chi connectivity index (χ2n) is 4.14. The number of rotatable bonds is 2. The number of hydrogen-bond donors (Lipinski definition) is 1. The largest absolute Gasteiger partial charge is 0.477 e. The van der Waals surface area contributed by atoms with Crippen molar-refractivity contribution in [1.82, 2.24) is 0 Å². The molecule has 2 unspecified atom stereocenters. The molecule has 0 radical (unpaired) electrons. The smallest absolute Gasteiger partial charge is 0.345 e. The molecule has 2 heterocycles. The van der Waals surface area contributed by atoms with Gasteiger partial charge in [-0.05, 0) is 19.9 Å². The molecule has 1 aliphatic heterocycles. The maximum absolute atomic E-state index is 10.8. The first kappa shape index (κ1) is 11.4. The van der Waals surface area contributed by atoms with Gasteiger partial charge >= 0.3 is 5.97 Å². The molecule has 0 aliphatic carbocycles. The SMILES string of the molecule is CC1CN(c2csc(C(=O)O)c2)CC(C)O1. The monoisotopic (exact) mass is 241 g/mol. The van der Waals surface area contributed by atoms with Crippen LogP contribution in [0, 0.1) is 0 Å². The summed E-state index contributed by atoms with van der Waals surface area (Å²) in [5.74, 6) is -0.856. The van der Waals surface area contributed by atoms with Crippen molar-refractivity contribution in [3.8, 4) is 0 Å². The lowest BCUT2D eigenvalue weighted by Crippen LogP contribution is -2.45. The maximum atomic E-state index is 10.8. The summed E-state index contributed by atoms with van der Waals surface area (Å²) in [6.07, 6.45) is 0.383. The van der Waals surface area contributed by atoms with Crippen LogP contribution < -0.4 is 4.90 Å². The van der Waals surface area contributed by atoms with Gasteiger partial charge in [-0.2, -0.15) is 0 Å². The fourth-order valence-corrected chi connectivity index (χ4v) is 2.75. The first-order valence-corrected chi connectivity index (χ1v) is 6.16. The van der Waals surface area contributed by atoms with E-state index in [9.17, 15) is 4.79 Å². The van der Waals surface area contributed by atoms with Gasteiger partial charge in [0, 0.05) is 24.2 Å². The summed E-state index contributed by atoms with van der Waals surface area (Å²) in [7, 11) is 0. The summed E-state index contributed by atoms with van der Waals surface area (Å²) >= 11 is 1.27. The molecule has 16 heavy (non-hydrogen) atoms. The Morgan fingerprint density at radius 1 is 1.50 bits per heavy atom. The highest BCUT2D eigenvalue weighted by Gasteiger charge is 2.23. The van der Waals surface area contributed by atoms with E-state index < -0.39 is 5.97 Å². The van der Waals surface area contributed by atoms with Crippen molar-refractivity contribution in [1.29, 1.82) is 0 Å². The van der Waals surface area contributed by atoms with Gasteiger partial charge in [0.15, 0.2) is 0 Å². The van der Waals surface area contributed by atoms with E-state index in [4.69, 9.17) is 9.84 Å². The first-order chi connectivity index (χ1) is 7.56. The van der Waals surface area contributed by atoms with Gasteiger partial charge in [-0.3, -0.25) is 0 Å². The highest BCUT2D eigenvalue weighted by Crippen LogP contribution is 2.26. The minimum absolute atomic E-state index is 0.192. The second-order valence-corrected chi connectivity index (χ2v) is 5.05. The lowest BCUT2D eigenvalue weighted by atomic mass is 10.2. The molecule has 1 fully saturated rings. The number of carboxylic acid groups (broad SMARTS) is 1. The van der Waals surface area contributed by atoms with Crippen molar-refractivity contribution in [2.75, 3.05) is 18.0 Å². The molecule has 4 nitrogen and oxygen atoms in total. The van der Waals surface area contributed by atoms with Gasteiger partial charge in [0.2, 0.25) is 0 Å². The molecule has 2 atom stereocenters. The van der Waals surface area contributed by atoms with Crippen LogP contribution in [-0.2, 0) is 4.74 Å². The maximum Gasteiger partial charge on any atom is 0.345 e. The molecule has 1 aromatic rings. The predicted molar refractivity (Wildman–Crippen MR) is 63.5 cm³/mol. The van der Waals surface area contributed by atoms with Crippen LogP contribution in [-0.4, -0.2) is 36.4 Å². The van der Waals surface area contributed by atoms with Crippen LogP contribution >= 0.6 is 11.3 Å². The van der Waals surface area contributed by atoms with E-state index in [1.54, 1.807) is 6.07 Å². The topological polar surface area (TPSA) is 49.8 Å². The van der Waals surface area contributed by atoms with Gasteiger partial charge in [-0.1, -0.05) is 0 Å². The minimum Gasteiger partial charge on any atom is -0.477 e. The summed E-state index contributed by atoms with van der Waals surface area (Å²) in [5, 5.41) is 10.8. The van der Waals surface area contributed by atoms with Crippen LogP contribution in [0.5, 0.6) is 0 Å². The van der Waals surface area contributed by atoms with Crippen molar-refractivity contribution < 1.29 is 14.6 Å². The number of hydrogen-bond acceptors (Lipinski definition) is 4. The normalized spacial score (nSPS) is 25.8. The fraction of sp³-hybridized carbons (Fsp3) is 0.545. The fourth-order valence-electron chi connectivity index (χ4n) is 1.99. The predicted octanol–water partition coefficient (Wildman–Crippen LogP) is 2.06. The Kier molecular flexibility index (Phi) is 3.16. The summed E-state index contributed by atoms with van der Waals surface area (Å²) < 4.78 is 5.64. The number of nitrogens with zero attached hydrogens (tertiary/aromatic N) is 1. The van der Waals surface area contributed by atoms with Gasteiger partial charge < -0.3 is 14.7 Å². The average molecular weight is 241 g/mol. The Balaban J connectivity index is 2.13. The van der Waals surface area contributed by atoms with Gasteiger partial charge in [0.25, 0.3) is 0 Å². The molecular formula is C11H15NO3S. The number of anilines is 1. The Hall–Kier alpha value is -1.07. The number of ether oxygens (including phenoxy) is 1. The summed E-state index contributed by atoms with van der Waals surface area (Å²) in [6.45, 7) is 5.71. The van der Waals surface area contributed by atoms with E-state index in [-0.39, 0.29) is 12.2 Å². The molecule has 0 spiro atoms. The molecule has 0 bridgehead atoms. The van der Waals surface area contributed by atoms with Crippen LogP contribution in [0.1, 0.15) is 23.5 Å². The molecule has 1 N–H and O–H groups in total. The molecule has 1 aromatic heterocycles. The Labute approximate surface area is 98.4 Å². The molecule has 0 amide bonds. The molecule has 0 aromatic carbocycles. The minimum atomic E-state index is -0.856. The quantitative estimate of drug-likeness (QED) is 0.861. The standard InChI is InChI=1S/C11H15NO3S/c1-7-4-12(5-8(2)15-7)9-3-10(11(13)14)16-6-9/h3,6-8H,4-5H2,1-2H3,(H,13,14). The molecule has 2 rings (SSSR count). The summed E-state index contributed by atoms with van der Waals surface area (Å²) in [4.78, 5) is 13.4. The van der Waals surface area contributed by atoms with Crippen LogP contribution in [0.25, 0.3) is 0 Å². The van der Waals surface area contributed by atoms with Crippen LogP contribution in [0.2, 0.25) is 0 Å². The van der Waals surface area contributed by atoms with E-state index in [0.717, 1.165) is 18.8 Å². The van der Waals surface area contributed by atoms with Crippen LogP contribution in [0.15, 0.2) is 11.4 Å². The zero-order chi connectivity index (χ0) is 11.7. The summed E-state index contributed by atoms with van der Waals surface area (Å²) in [5.41, 5.74) is 0.990. The van der Waals surface area contributed by atoms with Gasteiger partial charge in [0.1, 0.15) is 4.88 Å². The van der Waals surface area contributed by atoms with Crippen molar-refractivity contribution in [3.05, 3.63) is 16.3 Å². The van der Waals surface area contributed by atoms with Crippen LogP contribution in [0.3, 0.4) is 0 Å². The molecule has 0 saturated carbocycles. The third kappa shape index (κ3) is 2.36. The van der Waals surface area contributed by atoms with Gasteiger partial charge in [0.05, 0.1) is 12.2 Å². The Bertz CT molecular complexity index is 380. The Morgan fingerprint density at radius 3 is 2.62 bits per heavy atom. The summed E-state index contributed by atoms with van der Waals surface area (Å²) in [6, 6.07) is 1.73.